The fourth-order valence-corrected chi connectivity index (χ4v) is 2.63. The average molecular weight is 306 g/mol. The van der Waals surface area contributed by atoms with E-state index in [0.29, 0.717) is 5.39 Å². The number of ether oxygens (including phenoxy) is 2. The quantitative estimate of drug-likeness (QED) is 0.668. The zero-order chi connectivity index (χ0) is 15.7. The third-order valence-electron chi connectivity index (χ3n) is 3.82. The second kappa shape index (κ2) is 6.10. The summed E-state index contributed by atoms with van der Waals surface area (Å²) in [5.74, 6) is 0.215. The van der Waals surface area contributed by atoms with E-state index in [1.807, 2.05) is 24.3 Å². The standard InChI is InChI=1S/C16H18O6/c17-8-13-15(20)12(19)7-14(21-13)22-16-10-4-2-1-3-9(10)5-6-11(16)18/h1-6,12-15,17-20H,7-8H2/t12-,13-,14+,15+/m1/s1. The summed E-state index contributed by atoms with van der Waals surface area (Å²) in [5.41, 5.74) is 0. The molecule has 6 nitrogen and oxygen atoms in total. The Labute approximate surface area is 127 Å². The molecule has 0 aliphatic carbocycles. The van der Waals surface area contributed by atoms with Crippen LogP contribution in [0.5, 0.6) is 11.5 Å². The van der Waals surface area contributed by atoms with Crippen LogP contribution in [0.25, 0.3) is 10.8 Å². The lowest BCUT2D eigenvalue weighted by molar-refractivity contribution is -0.229. The zero-order valence-corrected chi connectivity index (χ0v) is 11.8. The van der Waals surface area contributed by atoms with Crippen molar-refractivity contribution in [2.75, 3.05) is 6.61 Å². The first kappa shape index (κ1) is 15.1. The Bertz CT molecular complexity index is 658. The van der Waals surface area contributed by atoms with E-state index in [4.69, 9.17) is 9.47 Å². The van der Waals surface area contributed by atoms with Crippen molar-refractivity contribution in [3.05, 3.63) is 36.4 Å². The highest BCUT2D eigenvalue weighted by molar-refractivity contribution is 5.90. The number of hydrogen-bond donors (Lipinski definition) is 4. The zero-order valence-electron chi connectivity index (χ0n) is 11.8. The molecule has 0 amide bonds. The van der Waals surface area contributed by atoms with E-state index in [-0.39, 0.29) is 17.9 Å². The normalized spacial score (nSPS) is 28.7. The van der Waals surface area contributed by atoms with Gasteiger partial charge in [0.25, 0.3) is 0 Å². The highest BCUT2D eigenvalue weighted by atomic mass is 16.7. The third kappa shape index (κ3) is 2.74. The first-order valence-corrected chi connectivity index (χ1v) is 7.10. The molecule has 2 aromatic rings. The molecule has 0 saturated carbocycles. The maximum atomic E-state index is 10.0. The molecule has 3 rings (SSSR count). The second-order valence-electron chi connectivity index (χ2n) is 5.33. The van der Waals surface area contributed by atoms with Crippen LogP contribution in [0.2, 0.25) is 0 Å². The van der Waals surface area contributed by atoms with Crippen molar-refractivity contribution >= 4 is 10.8 Å². The van der Waals surface area contributed by atoms with Gasteiger partial charge in [-0.25, -0.2) is 0 Å². The predicted octanol–water partition coefficient (Wildman–Crippen LogP) is 0.753. The molecule has 0 radical (unpaired) electrons. The van der Waals surface area contributed by atoms with Crippen LogP contribution in [0.3, 0.4) is 0 Å². The van der Waals surface area contributed by atoms with E-state index in [1.54, 1.807) is 6.07 Å². The van der Waals surface area contributed by atoms with Gasteiger partial charge in [-0.15, -0.1) is 0 Å². The first-order chi connectivity index (χ1) is 10.6. The minimum atomic E-state index is -1.16. The Morgan fingerprint density at radius 3 is 2.68 bits per heavy atom. The predicted molar refractivity (Wildman–Crippen MR) is 78.6 cm³/mol. The molecule has 22 heavy (non-hydrogen) atoms. The van der Waals surface area contributed by atoms with Crippen molar-refractivity contribution in [3.63, 3.8) is 0 Å². The molecule has 4 N–H and O–H groups in total. The number of benzene rings is 2. The second-order valence-corrected chi connectivity index (χ2v) is 5.33. The average Bonchev–Trinajstić information content (AvgIpc) is 2.53. The van der Waals surface area contributed by atoms with E-state index in [2.05, 4.69) is 0 Å². The van der Waals surface area contributed by atoms with Gasteiger partial charge < -0.3 is 29.9 Å². The van der Waals surface area contributed by atoms with Crippen LogP contribution in [0.1, 0.15) is 6.42 Å². The van der Waals surface area contributed by atoms with Crippen molar-refractivity contribution in [1.29, 1.82) is 0 Å². The molecule has 1 heterocycles. The lowest BCUT2D eigenvalue weighted by atomic mass is 10.0. The molecular formula is C16H18O6. The fraction of sp³-hybridized carbons (Fsp3) is 0.375. The number of hydrogen-bond acceptors (Lipinski definition) is 6. The van der Waals surface area contributed by atoms with E-state index in [0.717, 1.165) is 5.39 Å². The summed E-state index contributed by atoms with van der Waals surface area (Å²) in [4.78, 5) is 0. The molecule has 0 spiro atoms. The Balaban J connectivity index is 1.88. The lowest BCUT2D eigenvalue weighted by Crippen LogP contribution is -2.51. The topological polar surface area (TPSA) is 99.4 Å². The van der Waals surface area contributed by atoms with Gasteiger partial charge in [-0.2, -0.15) is 0 Å². The summed E-state index contributed by atoms with van der Waals surface area (Å²) in [5, 5.41) is 40.4. The Kier molecular flexibility index (Phi) is 4.17. The van der Waals surface area contributed by atoms with Crippen LogP contribution < -0.4 is 4.74 Å². The van der Waals surface area contributed by atoms with Crippen LogP contribution in [0.4, 0.5) is 0 Å². The Morgan fingerprint density at radius 1 is 1.14 bits per heavy atom. The summed E-state index contributed by atoms with van der Waals surface area (Å²) in [6.07, 6.45) is -3.97. The van der Waals surface area contributed by atoms with E-state index >= 15 is 0 Å². The maximum absolute atomic E-state index is 10.0. The fourth-order valence-electron chi connectivity index (χ4n) is 2.63. The van der Waals surface area contributed by atoms with Gasteiger partial charge in [-0.1, -0.05) is 30.3 Å². The number of rotatable bonds is 3. The van der Waals surface area contributed by atoms with Crippen LogP contribution >= 0.6 is 0 Å². The van der Waals surface area contributed by atoms with Crippen LogP contribution in [-0.4, -0.2) is 51.6 Å². The molecule has 1 saturated heterocycles. The van der Waals surface area contributed by atoms with Gasteiger partial charge in [0.15, 0.2) is 11.5 Å². The van der Waals surface area contributed by atoms with Crippen molar-refractivity contribution in [2.24, 2.45) is 0 Å². The number of phenolic OH excluding ortho intramolecular Hbond substituents is 1. The highest BCUT2D eigenvalue weighted by Crippen LogP contribution is 2.36. The largest absolute Gasteiger partial charge is 0.504 e. The molecular weight excluding hydrogens is 288 g/mol. The summed E-state index contributed by atoms with van der Waals surface area (Å²) >= 11 is 0. The van der Waals surface area contributed by atoms with Gasteiger partial charge in [0, 0.05) is 11.8 Å². The molecule has 1 fully saturated rings. The number of fused-ring (bicyclic) bond motifs is 1. The number of phenols is 1. The SMILES string of the molecule is OC[C@H]1O[C@@H](Oc2c(O)ccc3ccccc23)C[C@@H](O)[C@@H]1O. The van der Waals surface area contributed by atoms with Gasteiger partial charge >= 0.3 is 0 Å². The smallest absolute Gasteiger partial charge is 0.203 e. The van der Waals surface area contributed by atoms with Gasteiger partial charge in [-0.05, 0) is 11.5 Å². The molecule has 1 aliphatic rings. The van der Waals surface area contributed by atoms with Crippen molar-refractivity contribution in [1.82, 2.24) is 0 Å². The molecule has 2 aromatic carbocycles. The highest BCUT2D eigenvalue weighted by Gasteiger charge is 2.37. The molecule has 4 atom stereocenters. The van der Waals surface area contributed by atoms with Crippen LogP contribution in [-0.2, 0) is 4.74 Å². The van der Waals surface area contributed by atoms with Gasteiger partial charge in [0.2, 0.25) is 6.29 Å². The maximum Gasteiger partial charge on any atom is 0.203 e. The molecule has 118 valence electrons. The van der Waals surface area contributed by atoms with Crippen molar-refractivity contribution in [2.45, 2.75) is 31.0 Å². The summed E-state index contributed by atoms with van der Waals surface area (Å²) in [6.45, 7) is -0.431. The number of aliphatic hydroxyl groups excluding tert-OH is 3. The third-order valence-corrected chi connectivity index (χ3v) is 3.82. The number of aliphatic hydroxyl groups is 3. The van der Waals surface area contributed by atoms with Gasteiger partial charge in [-0.3, -0.25) is 0 Å². The van der Waals surface area contributed by atoms with Crippen LogP contribution in [0.15, 0.2) is 36.4 Å². The molecule has 0 aromatic heterocycles. The summed E-state index contributed by atoms with van der Waals surface area (Å²) in [6, 6.07) is 10.7. The van der Waals surface area contributed by atoms with E-state index in [9.17, 15) is 20.4 Å². The van der Waals surface area contributed by atoms with Crippen molar-refractivity contribution in [3.8, 4) is 11.5 Å². The first-order valence-electron chi connectivity index (χ1n) is 7.10. The summed E-state index contributed by atoms with van der Waals surface area (Å²) in [7, 11) is 0. The molecule has 0 bridgehead atoms. The Hall–Kier alpha value is -1.86. The molecule has 0 unspecified atom stereocenters. The minimum absolute atomic E-state index is 0.0385. The molecule has 6 heteroatoms. The minimum Gasteiger partial charge on any atom is -0.504 e. The van der Waals surface area contributed by atoms with Gasteiger partial charge in [0.1, 0.15) is 12.2 Å². The Morgan fingerprint density at radius 2 is 1.91 bits per heavy atom. The lowest BCUT2D eigenvalue weighted by Gasteiger charge is -2.36. The van der Waals surface area contributed by atoms with E-state index < -0.39 is 31.2 Å². The molecule has 1 aliphatic heterocycles. The van der Waals surface area contributed by atoms with Crippen LogP contribution in [0, 0.1) is 0 Å². The van der Waals surface area contributed by atoms with Crippen molar-refractivity contribution < 1.29 is 29.9 Å². The number of aromatic hydroxyl groups is 1. The summed E-state index contributed by atoms with van der Waals surface area (Å²) < 4.78 is 11.1. The van der Waals surface area contributed by atoms with Gasteiger partial charge in [0.05, 0.1) is 12.7 Å². The monoisotopic (exact) mass is 306 g/mol. The van der Waals surface area contributed by atoms with E-state index in [1.165, 1.54) is 6.07 Å².